The number of epoxide rings is 1. The van der Waals surface area contributed by atoms with Gasteiger partial charge in [-0.25, -0.2) is 4.79 Å². The molecular weight excluding hydrogens is 252 g/mol. The van der Waals surface area contributed by atoms with Gasteiger partial charge in [-0.3, -0.25) is 0 Å². The lowest BCUT2D eigenvalue weighted by molar-refractivity contribution is -0.142. The zero-order valence-corrected chi connectivity index (χ0v) is 13.5. The Morgan fingerprint density at radius 1 is 1.25 bits per heavy atom. The van der Waals surface area contributed by atoms with E-state index in [4.69, 9.17) is 9.47 Å². The molecule has 0 N–H and O–H groups in total. The quantitative estimate of drug-likeness (QED) is 0.380. The second-order valence-electron chi connectivity index (χ2n) is 5.87. The second-order valence-corrected chi connectivity index (χ2v) is 5.87. The van der Waals surface area contributed by atoms with E-state index in [0.717, 1.165) is 32.1 Å². The van der Waals surface area contributed by atoms with Crippen LogP contribution in [0.4, 0.5) is 0 Å². The fourth-order valence-corrected chi connectivity index (χ4v) is 2.23. The highest BCUT2D eigenvalue weighted by molar-refractivity contribution is 5.79. The first kappa shape index (κ1) is 17.0. The average Bonchev–Trinajstić information content (AvgIpc) is 3.09. The molecule has 20 heavy (non-hydrogen) atoms. The highest BCUT2D eigenvalue weighted by atomic mass is 16.6. The number of methoxy groups -OCH3 is 1. The van der Waals surface area contributed by atoms with E-state index in [1.807, 2.05) is 6.92 Å². The summed E-state index contributed by atoms with van der Waals surface area (Å²) in [5.41, 5.74) is 2.55. The highest BCUT2D eigenvalue weighted by Crippen LogP contribution is 2.41. The molecule has 0 aliphatic carbocycles. The van der Waals surface area contributed by atoms with E-state index in [-0.39, 0.29) is 17.7 Å². The lowest BCUT2D eigenvalue weighted by atomic mass is 9.99. The minimum Gasteiger partial charge on any atom is -0.467 e. The van der Waals surface area contributed by atoms with Crippen LogP contribution in [0.5, 0.6) is 0 Å². The van der Waals surface area contributed by atoms with Gasteiger partial charge >= 0.3 is 5.97 Å². The van der Waals surface area contributed by atoms with E-state index < -0.39 is 0 Å². The van der Waals surface area contributed by atoms with E-state index in [0.29, 0.717) is 0 Å². The number of hydrogen-bond donors (Lipinski definition) is 0. The Bertz CT molecular complexity index is 395. The van der Waals surface area contributed by atoms with Crippen LogP contribution in [-0.4, -0.2) is 24.8 Å². The number of carbonyl (C=O) groups is 1. The van der Waals surface area contributed by atoms with Crippen molar-refractivity contribution in [2.24, 2.45) is 0 Å². The van der Waals surface area contributed by atoms with E-state index in [1.54, 1.807) is 0 Å². The van der Waals surface area contributed by atoms with Gasteiger partial charge in [-0.2, -0.15) is 0 Å². The Hall–Kier alpha value is -1.09. The molecule has 1 rings (SSSR count). The second kappa shape index (κ2) is 7.63. The van der Waals surface area contributed by atoms with Crippen molar-refractivity contribution in [1.82, 2.24) is 0 Å². The predicted molar refractivity (Wildman–Crippen MR) is 81.6 cm³/mol. The topological polar surface area (TPSA) is 38.8 Å². The van der Waals surface area contributed by atoms with E-state index in [2.05, 4.69) is 32.9 Å². The molecule has 0 amide bonds. The Morgan fingerprint density at radius 2 is 1.90 bits per heavy atom. The average molecular weight is 280 g/mol. The Morgan fingerprint density at radius 3 is 2.50 bits per heavy atom. The van der Waals surface area contributed by atoms with E-state index >= 15 is 0 Å². The number of allylic oxidation sites excluding steroid dienone is 4. The van der Waals surface area contributed by atoms with Crippen molar-refractivity contribution in [3.8, 4) is 0 Å². The highest BCUT2D eigenvalue weighted by Gasteiger charge is 2.57. The van der Waals surface area contributed by atoms with Crippen LogP contribution in [0.1, 0.15) is 59.8 Å². The van der Waals surface area contributed by atoms with E-state index in [1.165, 1.54) is 18.3 Å². The first-order valence-electron chi connectivity index (χ1n) is 7.50. The number of esters is 1. The van der Waals surface area contributed by atoms with Crippen molar-refractivity contribution in [3.05, 3.63) is 23.3 Å². The van der Waals surface area contributed by atoms with Crippen LogP contribution in [0.25, 0.3) is 0 Å². The Kier molecular flexibility index (Phi) is 6.47. The zero-order valence-electron chi connectivity index (χ0n) is 13.5. The standard InChI is InChI=1S/C17H28O3/c1-6-13(2)9-7-10-14(3)11-8-12-17(4)15(20-17)16(18)19-5/h9,11,15H,6-8,10,12H2,1-5H3/b13-9+,14-11+. The normalized spacial score (nSPS) is 26.6. The third-order valence-electron chi connectivity index (χ3n) is 4.02. The number of rotatable bonds is 8. The van der Waals surface area contributed by atoms with Crippen LogP contribution >= 0.6 is 0 Å². The van der Waals surface area contributed by atoms with Crippen LogP contribution in [0.15, 0.2) is 23.3 Å². The summed E-state index contributed by atoms with van der Waals surface area (Å²) in [4.78, 5) is 11.4. The summed E-state index contributed by atoms with van der Waals surface area (Å²) in [6.45, 7) is 8.51. The molecule has 114 valence electrons. The minimum atomic E-state index is -0.364. The van der Waals surface area contributed by atoms with Crippen molar-refractivity contribution in [2.45, 2.75) is 71.5 Å². The van der Waals surface area contributed by atoms with Crippen molar-refractivity contribution in [1.29, 1.82) is 0 Å². The number of hydrogen-bond acceptors (Lipinski definition) is 3. The van der Waals surface area contributed by atoms with Crippen LogP contribution in [-0.2, 0) is 14.3 Å². The largest absolute Gasteiger partial charge is 0.467 e. The van der Waals surface area contributed by atoms with Gasteiger partial charge in [0.05, 0.1) is 7.11 Å². The van der Waals surface area contributed by atoms with Crippen molar-refractivity contribution in [2.75, 3.05) is 7.11 Å². The molecule has 3 heteroatoms. The maximum atomic E-state index is 11.4. The molecule has 0 aromatic rings. The summed E-state index contributed by atoms with van der Waals surface area (Å²) in [5.74, 6) is -0.256. The molecule has 0 saturated carbocycles. The summed E-state index contributed by atoms with van der Waals surface area (Å²) in [6, 6.07) is 0. The lowest BCUT2D eigenvalue weighted by Gasteiger charge is -2.04. The minimum absolute atomic E-state index is 0.256. The first-order chi connectivity index (χ1) is 9.42. The smallest absolute Gasteiger partial charge is 0.338 e. The molecule has 1 saturated heterocycles. The first-order valence-corrected chi connectivity index (χ1v) is 7.50. The molecule has 1 fully saturated rings. The molecule has 3 nitrogen and oxygen atoms in total. The summed E-state index contributed by atoms with van der Waals surface area (Å²) in [6.07, 6.45) is 9.38. The molecule has 0 radical (unpaired) electrons. The van der Waals surface area contributed by atoms with Crippen LogP contribution in [0, 0.1) is 0 Å². The van der Waals surface area contributed by atoms with Gasteiger partial charge in [-0.05, 0) is 52.9 Å². The molecule has 0 aromatic carbocycles. The molecule has 0 spiro atoms. The van der Waals surface area contributed by atoms with Crippen LogP contribution in [0.2, 0.25) is 0 Å². The van der Waals surface area contributed by atoms with E-state index in [9.17, 15) is 4.79 Å². The molecular formula is C17H28O3. The van der Waals surface area contributed by atoms with Crippen LogP contribution in [0.3, 0.4) is 0 Å². The van der Waals surface area contributed by atoms with Crippen LogP contribution < -0.4 is 0 Å². The SMILES string of the molecule is CC/C(C)=C/CC/C(C)=C/CCC1(C)OC1C(=O)OC. The molecule has 1 aliphatic rings. The van der Waals surface area contributed by atoms with Crippen molar-refractivity contribution in [3.63, 3.8) is 0 Å². The van der Waals surface area contributed by atoms with Crippen molar-refractivity contribution >= 4 is 5.97 Å². The summed E-state index contributed by atoms with van der Waals surface area (Å²) in [5, 5.41) is 0. The zero-order chi connectivity index (χ0) is 15.2. The van der Waals surface area contributed by atoms with Gasteiger partial charge in [0.2, 0.25) is 0 Å². The van der Waals surface area contributed by atoms with Gasteiger partial charge in [0, 0.05) is 0 Å². The molecule has 2 atom stereocenters. The van der Waals surface area contributed by atoms with Gasteiger partial charge < -0.3 is 9.47 Å². The van der Waals surface area contributed by atoms with Gasteiger partial charge in [0.15, 0.2) is 6.10 Å². The molecule has 0 bridgehead atoms. The summed E-state index contributed by atoms with van der Waals surface area (Å²) < 4.78 is 10.2. The monoisotopic (exact) mass is 280 g/mol. The van der Waals surface area contributed by atoms with Gasteiger partial charge in [-0.1, -0.05) is 30.2 Å². The van der Waals surface area contributed by atoms with Gasteiger partial charge in [0.25, 0.3) is 0 Å². The maximum absolute atomic E-state index is 11.4. The number of carbonyl (C=O) groups excluding carboxylic acids is 1. The Balaban J connectivity index is 2.26. The third-order valence-corrected chi connectivity index (χ3v) is 4.02. The predicted octanol–water partition coefficient (Wildman–Crippen LogP) is 4.18. The molecule has 1 aliphatic heterocycles. The van der Waals surface area contributed by atoms with Gasteiger partial charge in [-0.15, -0.1) is 0 Å². The maximum Gasteiger partial charge on any atom is 0.338 e. The molecule has 2 unspecified atom stereocenters. The molecule has 1 heterocycles. The Labute approximate surface area is 123 Å². The third kappa shape index (κ3) is 5.12. The lowest BCUT2D eigenvalue weighted by Crippen LogP contribution is -2.18. The fourth-order valence-electron chi connectivity index (χ4n) is 2.23. The van der Waals surface area contributed by atoms with Crippen molar-refractivity contribution < 1.29 is 14.3 Å². The number of ether oxygens (including phenoxy) is 2. The summed E-state index contributed by atoms with van der Waals surface area (Å²) in [7, 11) is 1.40. The molecule has 0 aromatic heterocycles. The summed E-state index contributed by atoms with van der Waals surface area (Å²) >= 11 is 0. The van der Waals surface area contributed by atoms with Gasteiger partial charge in [0.1, 0.15) is 5.60 Å². The fraction of sp³-hybridized carbons (Fsp3) is 0.706.